The third-order valence-corrected chi connectivity index (χ3v) is 4.24. The lowest BCUT2D eigenvalue weighted by molar-refractivity contribution is 0.487. The van der Waals surface area contributed by atoms with Crippen LogP contribution in [0.2, 0.25) is 0 Å². The second-order valence-corrected chi connectivity index (χ2v) is 5.17. The van der Waals surface area contributed by atoms with Gasteiger partial charge >= 0.3 is 0 Å². The standard InChI is InChI=1S/C9H18BP/c1-11-9(10)7-5-3-2-4-6-8-9/h11H,2-8H2,1H3. The Morgan fingerprint density at radius 3 is 1.91 bits per heavy atom. The van der Waals surface area contributed by atoms with Crippen molar-refractivity contribution in [2.45, 2.75) is 50.0 Å². The summed E-state index contributed by atoms with van der Waals surface area (Å²) in [5.41, 5.74) is 0. The molecule has 2 heteroatoms. The van der Waals surface area contributed by atoms with Crippen molar-refractivity contribution in [2.75, 3.05) is 6.66 Å². The van der Waals surface area contributed by atoms with Crippen molar-refractivity contribution < 1.29 is 0 Å². The van der Waals surface area contributed by atoms with E-state index < -0.39 is 0 Å². The Kier molecular flexibility index (Phi) is 3.92. The van der Waals surface area contributed by atoms with Crippen molar-refractivity contribution in [1.29, 1.82) is 0 Å². The van der Waals surface area contributed by atoms with E-state index in [4.69, 9.17) is 7.85 Å². The van der Waals surface area contributed by atoms with E-state index in [1.54, 1.807) is 0 Å². The zero-order valence-corrected chi connectivity index (χ0v) is 8.53. The van der Waals surface area contributed by atoms with Crippen LogP contribution in [0.25, 0.3) is 0 Å². The summed E-state index contributed by atoms with van der Waals surface area (Å²) in [6.45, 7) is 2.25. The fourth-order valence-electron chi connectivity index (χ4n) is 1.79. The van der Waals surface area contributed by atoms with E-state index in [1.165, 1.54) is 44.9 Å². The predicted octanol–water partition coefficient (Wildman–Crippen LogP) is 2.90. The van der Waals surface area contributed by atoms with Crippen LogP contribution in [0.3, 0.4) is 0 Å². The number of hydrogen-bond acceptors (Lipinski definition) is 0. The van der Waals surface area contributed by atoms with E-state index in [2.05, 4.69) is 6.66 Å². The summed E-state index contributed by atoms with van der Waals surface area (Å²) in [4.78, 5) is 0. The predicted molar refractivity (Wildman–Crippen MR) is 55.0 cm³/mol. The van der Waals surface area contributed by atoms with Gasteiger partial charge in [-0.3, -0.25) is 0 Å². The fourth-order valence-corrected chi connectivity index (χ4v) is 2.64. The second kappa shape index (κ2) is 4.50. The van der Waals surface area contributed by atoms with Crippen LogP contribution < -0.4 is 0 Å². The van der Waals surface area contributed by atoms with Gasteiger partial charge in [-0.25, -0.2) is 0 Å². The topological polar surface area (TPSA) is 0 Å². The van der Waals surface area contributed by atoms with Gasteiger partial charge in [0.05, 0.1) is 7.85 Å². The summed E-state index contributed by atoms with van der Waals surface area (Å²) in [6.07, 6.45) is 9.49. The maximum Gasteiger partial charge on any atom is 0.0806 e. The van der Waals surface area contributed by atoms with Gasteiger partial charge < -0.3 is 0 Å². The minimum atomic E-state index is 0.223. The van der Waals surface area contributed by atoms with Crippen LogP contribution in [0.15, 0.2) is 0 Å². The fraction of sp³-hybridized carbons (Fsp3) is 1.00. The van der Waals surface area contributed by atoms with Crippen LogP contribution in [-0.4, -0.2) is 19.6 Å². The first-order valence-electron chi connectivity index (χ1n) is 4.75. The Balaban J connectivity index is 2.37. The Morgan fingerprint density at radius 1 is 1.00 bits per heavy atom. The van der Waals surface area contributed by atoms with Crippen molar-refractivity contribution in [3.63, 3.8) is 0 Å². The van der Waals surface area contributed by atoms with Gasteiger partial charge in [0, 0.05) is 0 Å². The molecule has 1 unspecified atom stereocenters. The lowest BCUT2D eigenvalue weighted by Gasteiger charge is -2.30. The molecule has 1 rings (SSSR count). The van der Waals surface area contributed by atoms with E-state index in [1.807, 2.05) is 0 Å². The molecule has 0 N–H and O–H groups in total. The summed E-state index contributed by atoms with van der Waals surface area (Å²) < 4.78 is 0. The van der Waals surface area contributed by atoms with Crippen LogP contribution in [-0.2, 0) is 0 Å². The second-order valence-electron chi connectivity index (χ2n) is 3.67. The lowest BCUT2D eigenvalue weighted by Crippen LogP contribution is -2.24. The summed E-state index contributed by atoms with van der Waals surface area (Å²) in [5.74, 6) is 0. The van der Waals surface area contributed by atoms with E-state index in [9.17, 15) is 0 Å². The normalized spacial score (nSPS) is 26.6. The molecule has 2 radical (unpaired) electrons. The zero-order valence-electron chi connectivity index (χ0n) is 7.53. The molecule has 11 heavy (non-hydrogen) atoms. The minimum Gasteiger partial charge on any atom is -0.128 e. The average Bonchev–Trinajstić information content (AvgIpc) is 1.98. The van der Waals surface area contributed by atoms with Crippen LogP contribution in [0, 0.1) is 0 Å². The molecule has 1 saturated carbocycles. The smallest absolute Gasteiger partial charge is 0.0806 e. The van der Waals surface area contributed by atoms with Gasteiger partial charge in [0.1, 0.15) is 0 Å². The molecule has 0 bridgehead atoms. The third-order valence-electron chi connectivity index (χ3n) is 2.74. The van der Waals surface area contributed by atoms with Gasteiger partial charge in [0.2, 0.25) is 0 Å². The third kappa shape index (κ3) is 3.15. The molecule has 0 aliphatic heterocycles. The van der Waals surface area contributed by atoms with Gasteiger partial charge in [0.15, 0.2) is 0 Å². The largest absolute Gasteiger partial charge is 0.128 e. The Labute approximate surface area is 73.7 Å². The molecule has 0 aromatic carbocycles. The average molecular weight is 168 g/mol. The van der Waals surface area contributed by atoms with Crippen LogP contribution in [0.5, 0.6) is 0 Å². The lowest BCUT2D eigenvalue weighted by atomic mass is 9.76. The van der Waals surface area contributed by atoms with Crippen LogP contribution in [0.1, 0.15) is 44.9 Å². The van der Waals surface area contributed by atoms with Gasteiger partial charge in [0.25, 0.3) is 0 Å². The van der Waals surface area contributed by atoms with E-state index in [0.29, 0.717) is 0 Å². The van der Waals surface area contributed by atoms with Crippen molar-refractivity contribution in [1.82, 2.24) is 0 Å². The molecule has 62 valence electrons. The first-order chi connectivity index (χ1) is 5.27. The van der Waals surface area contributed by atoms with Crippen LogP contribution >= 0.6 is 8.58 Å². The van der Waals surface area contributed by atoms with E-state index in [-0.39, 0.29) is 5.06 Å². The van der Waals surface area contributed by atoms with Gasteiger partial charge in [-0.1, -0.05) is 44.9 Å². The Hall–Kier alpha value is 0.495. The highest BCUT2D eigenvalue weighted by Crippen LogP contribution is 2.37. The highest BCUT2D eigenvalue weighted by Gasteiger charge is 2.21. The molecule has 0 amide bonds. The summed E-state index contributed by atoms with van der Waals surface area (Å²) in [6, 6.07) is 0. The van der Waals surface area contributed by atoms with E-state index in [0.717, 1.165) is 8.58 Å². The Bertz CT molecular complexity index is 106. The first-order valence-corrected chi connectivity index (χ1v) is 6.25. The molecular weight excluding hydrogens is 150 g/mol. The molecule has 1 atom stereocenters. The van der Waals surface area contributed by atoms with Crippen molar-refractivity contribution in [2.24, 2.45) is 0 Å². The van der Waals surface area contributed by atoms with Gasteiger partial charge in [-0.05, 0) is 11.7 Å². The molecule has 0 nitrogen and oxygen atoms in total. The molecule has 0 heterocycles. The SMILES string of the molecule is [B]C1(PC)CCCCCCC1. The quantitative estimate of drug-likeness (QED) is 0.417. The van der Waals surface area contributed by atoms with Crippen molar-refractivity contribution >= 4 is 16.4 Å². The molecule has 0 saturated heterocycles. The first kappa shape index (κ1) is 9.58. The van der Waals surface area contributed by atoms with E-state index >= 15 is 0 Å². The molecular formula is C9H18BP. The summed E-state index contributed by atoms with van der Waals surface area (Å²) in [5, 5.41) is 0.223. The highest BCUT2D eigenvalue weighted by atomic mass is 31.1. The zero-order chi connectivity index (χ0) is 8.16. The molecule has 1 aliphatic rings. The molecule has 0 aromatic rings. The van der Waals surface area contributed by atoms with Gasteiger partial charge in [-0.2, -0.15) is 0 Å². The highest BCUT2D eigenvalue weighted by molar-refractivity contribution is 7.41. The molecule has 1 aliphatic carbocycles. The maximum absolute atomic E-state index is 6.24. The maximum atomic E-state index is 6.24. The molecule has 1 fully saturated rings. The molecule has 0 spiro atoms. The van der Waals surface area contributed by atoms with Gasteiger partial charge in [-0.15, -0.1) is 8.58 Å². The number of hydrogen-bond donors (Lipinski definition) is 0. The van der Waals surface area contributed by atoms with Crippen LogP contribution in [0.4, 0.5) is 0 Å². The number of rotatable bonds is 1. The molecule has 0 aromatic heterocycles. The van der Waals surface area contributed by atoms with Crippen molar-refractivity contribution in [3.8, 4) is 0 Å². The monoisotopic (exact) mass is 168 g/mol. The summed E-state index contributed by atoms with van der Waals surface area (Å²) >= 11 is 0. The summed E-state index contributed by atoms with van der Waals surface area (Å²) in [7, 11) is 7.17. The van der Waals surface area contributed by atoms with Crippen molar-refractivity contribution in [3.05, 3.63) is 0 Å². The minimum absolute atomic E-state index is 0.223. The Morgan fingerprint density at radius 2 is 1.45 bits per heavy atom.